The van der Waals surface area contributed by atoms with Gasteiger partial charge in [-0.1, -0.05) is 13.3 Å². The molecule has 1 aliphatic carbocycles. The molecular formula is C20H28O5. The van der Waals surface area contributed by atoms with Gasteiger partial charge < -0.3 is 18.9 Å². The molecule has 0 radical (unpaired) electrons. The fraction of sp³-hybridized carbons (Fsp3) is 0.650. The Bertz CT molecular complexity index is 592. The second kappa shape index (κ2) is 8.09. The van der Waals surface area contributed by atoms with Crippen LogP contribution in [0.15, 0.2) is 18.2 Å². The lowest BCUT2D eigenvalue weighted by atomic mass is 9.83. The molecule has 0 saturated heterocycles. The minimum atomic E-state index is -0.291. The third kappa shape index (κ3) is 4.27. The summed E-state index contributed by atoms with van der Waals surface area (Å²) in [5.74, 6) is 1.17. The summed E-state index contributed by atoms with van der Waals surface area (Å²) >= 11 is 0. The number of carbonyl (C=O) groups excluding carboxylic acids is 1. The lowest BCUT2D eigenvalue weighted by Gasteiger charge is -2.35. The molecule has 0 N–H and O–H groups in total. The maximum absolute atomic E-state index is 12.3. The van der Waals surface area contributed by atoms with E-state index in [4.69, 9.17) is 18.9 Å². The number of esters is 1. The Kier molecular flexibility index (Phi) is 5.84. The molecule has 25 heavy (non-hydrogen) atoms. The molecule has 2 aliphatic rings. The summed E-state index contributed by atoms with van der Waals surface area (Å²) in [5.41, 5.74) is 0.681. The van der Waals surface area contributed by atoms with Gasteiger partial charge in [-0.2, -0.15) is 0 Å². The van der Waals surface area contributed by atoms with Crippen LogP contribution >= 0.6 is 0 Å². The first kappa shape index (κ1) is 18.1. The molecule has 0 amide bonds. The molecule has 1 aliphatic heterocycles. The quantitative estimate of drug-likeness (QED) is 0.722. The first-order valence-corrected chi connectivity index (χ1v) is 9.30. The first-order chi connectivity index (χ1) is 12.2. The monoisotopic (exact) mass is 348 g/mol. The van der Waals surface area contributed by atoms with Crippen molar-refractivity contribution in [1.82, 2.24) is 0 Å². The Morgan fingerprint density at radius 2 is 2.08 bits per heavy atom. The summed E-state index contributed by atoms with van der Waals surface area (Å²) in [6.45, 7) is 2.67. The van der Waals surface area contributed by atoms with E-state index >= 15 is 0 Å². The van der Waals surface area contributed by atoms with Gasteiger partial charge in [-0.25, -0.2) is 4.79 Å². The molecule has 1 fully saturated rings. The van der Waals surface area contributed by atoms with Crippen molar-refractivity contribution in [3.05, 3.63) is 23.8 Å². The van der Waals surface area contributed by atoms with E-state index in [1.165, 1.54) is 6.42 Å². The van der Waals surface area contributed by atoms with E-state index in [1.807, 2.05) is 18.2 Å². The lowest BCUT2D eigenvalue weighted by Crippen LogP contribution is -2.38. The van der Waals surface area contributed by atoms with Crippen molar-refractivity contribution in [1.29, 1.82) is 0 Å². The van der Waals surface area contributed by atoms with Crippen LogP contribution < -0.4 is 9.47 Å². The van der Waals surface area contributed by atoms with Gasteiger partial charge in [-0.15, -0.1) is 0 Å². The summed E-state index contributed by atoms with van der Waals surface area (Å²) in [7, 11) is 1.69. The van der Waals surface area contributed by atoms with Crippen LogP contribution in [0, 0.1) is 0 Å². The number of hydrogen-bond acceptors (Lipinski definition) is 5. The molecule has 0 spiro atoms. The van der Waals surface area contributed by atoms with Gasteiger partial charge in [0.1, 0.15) is 17.1 Å². The highest BCUT2D eigenvalue weighted by Gasteiger charge is 2.34. The molecule has 5 nitrogen and oxygen atoms in total. The van der Waals surface area contributed by atoms with Crippen LogP contribution in [0.1, 0.15) is 63.5 Å². The van der Waals surface area contributed by atoms with Gasteiger partial charge >= 0.3 is 5.97 Å². The Morgan fingerprint density at radius 3 is 2.80 bits per heavy atom. The molecule has 1 aromatic rings. The van der Waals surface area contributed by atoms with Gasteiger partial charge in [0.2, 0.25) is 0 Å². The number of fused-ring (bicyclic) bond motifs is 1. The third-order valence-corrected chi connectivity index (χ3v) is 5.35. The van der Waals surface area contributed by atoms with Gasteiger partial charge in [-0.3, -0.25) is 0 Å². The van der Waals surface area contributed by atoms with Crippen LogP contribution in [0.2, 0.25) is 0 Å². The molecule has 3 rings (SSSR count). The topological polar surface area (TPSA) is 54.0 Å². The average molecular weight is 348 g/mol. The summed E-state index contributed by atoms with van der Waals surface area (Å²) in [5, 5.41) is 0. The Hall–Kier alpha value is -1.75. The van der Waals surface area contributed by atoms with E-state index in [2.05, 4.69) is 6.92 Å². The highest BCUT2D eigenvalue weighted by molar-refractivity contribution is 5.71. The number of rotatable bonds is 6. The van der Waals surface area contributed by atoms with Crippen LogP contribution in [0.3, 0.4) is 0 Å². The van der Waals surface area contributed by atoms with Crippen molar-refractivity contribution in [2.75, 3.05) is 20.3 Å². The Morgan fingerprint density at radius 1 is 1.28 bits per heavy atom. The molecule has 1 saturated carbocycles. The fourth-order valence-electron chi connectivity index (χ4n) is 3.81. The maximum atomic E-state index is 12.3. The van der Waals surface area contributed by atoms with Crippen molar-refractivity contribution in [3.63, 3.8) is 0 Å². The van der Waals surface area contributed by atoms with Gasteiger partial charge in [0.15, 0.2) is 6.61 Å². The summed E-state index contributed by atoms with van der Waals surface area (Å²) in [6.07, 6.45) is 7.09. The first-order valence-electron chi connectivity index (χ1n) is 9.30. The molecule has 1 atom stereocenters. The lowest BCUT2D eigenvalue weighted by molar-refractivity contribution is -0.166. The second-order valence-electron chi connectivity index (χ2n) is 6.92. The van der Waals surface area contributed by atoms with E-state index in [1.54, 1.807) is 7.11 Å². The van der Waals surface area contributed by atoms with E-state index in [0.717, 1.165) is 49.8 Å². The van der Waals surface area contributed by atoms with Crippen molar-refractivity contribution in [3.8, 4) is 11.5 Å². The zero-order chi connectivity index (χ0) is 17.7. The highest BCUT2D eigenvalue weighted by atomic mass is 16.6. The number of hydrogen-bond donors (Lipinski definition) is 0. The number of carbonyl (C=O) groups is 1. The standard InChI is InChI=1S/C20H28O5/c1-3-20(10-5-4-6-11-20)25-19(21)14-24-15-7-8-18-16(13-15)17(22-2)9-12-23-18/h7-8,13,17H,3-6,9-12,14H2,1-2H3. The molecule has 0 aromatic heterocycles. The van der Waals surface area contributed by atoms with Crippen LogP contribution in [0.4, 0.5) is 0 Å². The van der Waals surface area contributed by atoms with Crippen LogP contribution in [-0.4, -0.2) is 31.9 Å². The SMILES string of the molecule is CCC1(OC(=O)COc2ccc3c(c2)C(OC)CCO3)CCCCC1. The van der Waals surface area contributed by atoms with Crippen LogP contribution in [-0.2, 0) is 14.3 Å². The highest BCUT2D eigenvalue weighted by Crippen LogP contribution is 2.37. The van der Waals surface area contributed by atoms with Crippen molar-refractivity contribution >= 4 is 5.97 Å². The minimum absolute atomic E-state index is 0.00449. The van der Waals surface area contributed by atoms with Crippen molar-refractivity contribution in [2.24, 2.45) is 0 Å². The second-order valence-corrected chi connectivity index (χ2v) is 6.92. The van der Waals surface area contributed by atoms with E-state index in [0.29, 0.717) is 12.4 Å². The van der Waals surface area contributed by atoms with E-state index < -0.39 is 0 Å². The minimum Gasteiger partial charge on any atom is -0.493 e. The molecule has 1 aromatic carbocycles. The largest absolute Gasteiger partial charge is 0.493 e. The molecular weight excluding hydrogens is 320 g/mol. The summed E-state index contributed by atoms with van der Waals surface area (Å²) < 4.78 is 22.6. The Balaban J connectivity index is 1.59. The molecule has 5 heteroatoms. The van der Waals surface area contributed by atoms with Crippen molar-refractivity contribution in [2.45, 2.75) is 63.6 Å². The summed E-state index contributed by atoms with van der Waals surface area (Å²) in [6, 6.07) is 5.59. The number of ether oxygens (including phenoxy) is 4. The van der Waals surface area contributed by atoms with Crippen molar-refractivity contribution < 1.29 is 23.7 Å². The summed E-state index contributed by atoms with van der Waals surface area (Å²) in [4.78, 5) is 12.3. The maximum Gasteiger partial charge on any atom is 0.344 e. The number of methoxy groups -OCH3 is 1. The van der Waals surface area contributed by atoms with Gasteiger partial charge in [0.25, 0.3) is 0 Å². The van der Waals surface area contributed by atoms with Gasteiger partial charge in [0, 0.05) is 19.1 Å². The number of benzene rings is 1. The third-order valence-electron chi connectivity index (χ3n) is 5.35. The Labute approximate surface area is 149 Å². The van der Waals surface area contributed by atoms with Crippen LogP contribution in [0.5, 0.6) is 11.5 Å². The van der Waals surface area contributed by atoms with E-state index in [-0.39, 0.29) is 24.3 Å². The van der Waals surface area contributed by atoms with E-state index in [9.17, 15) is 4.79 Å². The normalized spacial score (nSPS) is 21.8. The molecule has 1 heterocycles. The average Bonchev–Trinajstić information content (AvgIpc) is 2.66. The zero-order valence-electron chi connectivity index (χ0n) is 15.2. The predicted molar refractivity (Wildman–Crippen MR) is 94.0 cm³/mol. The molecule has 0 bridgehead atoms. The zero-order valence-corrected chi connectivity index (χ0v) is 15.2. The molecule has 1 unspecified atom stereocenters. The smallest absolute Gasteiger partial charge is 0.344 e. The van der Waals surface area contributed by atoms with Gasteiger partial charge in [-0.05, 0) is 50.3 Å². The molecule has 138 valence electrons. The predicted octanol–water partition coefficient (Wildman–Crippen LogP) is 4.19. The van der Waals surface area contributed by atoms with Gasteiger partial charge in [0.05, 0.1) is 12.7 Å². The fourth-order valence-corrected chi connectivity index (χ4v) is 3.81. The van der Waals surface area contributed by atoms with Crippen LogP contribution in [0.25, 0.3) is 0 Å².